The molecule has 0 fully saturated rings. The molecule has 1 N–H and O–H groups in total. The Labute approximate surface area is 97.9 Å². The smallest absolute Gasteiger partial charge is 0.355 e. The van der Waals surface area contributed by atoms with E-state index in [0.29, 0.717) is 0 Å². The van der Waals surface area contributed by atoms with Gasteiger partial charge in [0.15, 0.2) is 5.82 Å². The summed E-state index contributed by atoms with van der Waals surface area (Å²) in [5.41, 5.74) is 0.262. The highest BCUT2D eigenvalue weighted by molar-refractivity contribution is 5.89. The van der Waals surface area contributed by atoms with Crippen molar-refractivity contribution in [2.24, 2.45) is 0 Å². The number of halogens is 1. The predicted molar refractivity (Wildman–Crippen MR) is 56.9 cm³/mol. The van der Waals surface area contributed by atoms with Crippen molar-refractivity contribution >= 4 is 11.9 Å². The third kappa shape index (κ3) is 3.05. The van der Waals surface area contributed by atoms with Crippen LogP contribution in [0.25, 0.3) is 0 Å². The Balaban J connectivity index is 2.91. The van der Waals surface area contributed by atoms with E-state index < -0.39 is 17.8 Å². The number of hydrogen-bond donors (Lipinski definition) is 1. The minimum atomic E-state index is -0.627. The number of carbonyl (C=O) groups is 2. The van der Waals surface area contributed by atoms with E-state index in [9.17, 15) is 14.0 Å². The molecule has 0 amide bonds. The zero-order chi connectivity index (χ0) is 13.0. The molecule has 1 heterocycles. The maximum Gasteiger partial charge on any atom is 0.355 e. The molecule has 1 aromatic rings. The third-order valence-electron chi connectivity index (χ3n) is 2.14. The van der Waals surface area contributed by atoms with E-state index in [4.69, 9.17) is 4.74 Å². The summed E-state index contributed by atoms with van der Waals surface area (Å²) in [4.78, 5) is 24.6. The minimum Gasteiger partial charge on any atom is -0.461 e. The van der Waals surface area contributed by atoms with Gasteiger partial charge in [-0.2, -0.15) is 0 Å². The Morgan fingerprint density at radius 2 is 2.00 bits per heavy atom. The molecular formula is C11H14FNO4. The zero-order valence-corrected chi connectivity index (χ0v) is 9.93. The number of rotatable bonds is 4. The number of nitrogens with one attached hydrogen (secondary N) is 1. The number of ether oxygens (including phenoxy) is 2. The second kappa shape index (κ2) is 5.47. The van der Waals surface area contributed by atoms with Crippen LogP contribution in [-0.2, 0) is 20.9 Å². The van der Waals surface area contributed by atoms with Crippen molar-refractivity contribution in [3.63, 3.8) is 0 Å². The fraction of sp³-hybridized carbons (Fsp3) is 0.455. The van der Waals surface area contributed by atoms with Crippen LogP contribution >= 0.6 is 0 Å². The van der Waals surface area contributed by atoms with E-state index in [1.54, 1.807) is 6.92 Å². The largest absolute Gasteiger partial charge is 0.461 e. The van der Waals surface area contributed by atoms with Gasteiger partial charge in [0.1, 0.15) is 12.3 Å². The molecule has 0 saturated heterocycles. The summed E-state index contributed by atoms with van der Waals surface area (Å²) < 4.78 is 23.1. The first-order chi connectivity index (χ1) is 7.97. The molecule has 0 bridgehead atoms. The fourth-order valence-corrected chi connectivity index (χ4v) is 1.32. The predicted octanol–water partition coefficient (Wildman–Crippen LogP) is 1.70. The van der Waals surface area contributed by atoms with Gasteiger partial charge in [0.25, 0.3) is 0 Å². The molecular weight excluding hydrogens is 229 g/mol. The Morgan fingerprint density at radius 3 is 2.53 bits per heavy atom. The van der Waals surface area contributed by atoms with Gasteiger partial charge in [0.2, 0.25) is 0 Å². The molecule has 6 heteroatoms. The van der Waals surface area contributed by atoms with E-state index in [2.05, 4.69) is 9.72 Å². The summed E-state index contributed by atoms with van der Waals surface area (Å²) in [6, 6.07) is 0. The van der Waals surface area contributed by atoms with Crippen molar-refractivity contribution in [2.75, 3.05) is 6.61 Å². The normalized spacial score (nSPS) is 10.1. The minimum absolute atomic E-state index is 0.0477. The van der Waals surface area contributed by atoms with Gasteiger partial charge in [-0.1, -0.05) is 0 Å². The SMILES string of the molecule is CCOC(=O)c1[nH]c(COC(C)=O)c(F)c1C. The zero-order valence-electron chi connectivity index (χ0n) is 9.93. The second-order valence-electron chi connectivity index (χ2n) is 3.42. The molecule has 0 aliphatic heterocycles. The Hall–Kier alpha value is -1.85. The molecule has 1 rings (SSSR count). The number of carbonyl (C=O) groups excluding carboxylic acids is 2. The molecule has 0 aromatic carbocycles. The Morgan fingerprint density at radius 1 is 1.35 bits per heavy atom. The molecule has 0 aliphatic rings. The van der Waals surface area contributed by atoms with Gasteiger partial charge in [-0.15, -0.1) is 0 Å². The topological polar surface area (TPSA) is 68.4 Å². The summed E-state index contributed by atoms with van der Waals surface area (Å²) in [7, 11) is 0. The number of esters is 2. The van der Waals surface area contributed by atoms with Gasteiger partial charge in [0.05, 0.1) is 12.3 Å². The van der Waals surface area contributed by atoms with Crippen molar-refractivity contribution in [3.8, 4) is 0 Å². The summed E-state index contributed by atoms with van der Waals surface area (Å²) in [5, 5.41) is 0. The van der Waals surface area contributed by atoms with Gasteiger partial charge in [-0.3, -0.25) is 4.79 Å². The van der Waals surface area contributed by atoms with Crippen LogP contribution in [0.2, 0.25) is 0 Å². The van der Waals surface area contributed by atoms with Gasteiger partial charge in [0, 0.05) is 12.5 Å². The van der Waals surface area contributed by atoms with Crippen molar-refractivity contribution in [2.45, 2.75) is 27.4 Å². The van der Waals surface area contributed by atoms with E-state index in [1.807, 2.05) is 0 Å². The standard InChI is InChI=1S/C11H14FNO4/c1-4-16-11(15)10-6(2)9(12)8(13-10)5-17-7(3)14/h13H,4-5H2,1-3H3. The molecule has 0 aliphatic carbocycles. The van der Waals surface area contributed by atoms with Crippen molar-refractivity contribution in [1.29, 1.82) is 0 Å². The summed E-state index contributed by atoms with van der Waals surface area (Å²) in [6.07, 6.45) is 0. The average molecular weight is 243 g/mol. The van der Waals surface area contributed by atoms with Gasteiger partial charge < -0.3 is 14.5 Å². The number of H-pyrrole nitrogens is 1. The average Bonchev–Trinajstić information content (AvgIpc) is 2.54. The lowest BCUT2D eigenvalue weighted by Gasteiger charge is -2.00. The molecule has 0 radical (unpaired) electrons. The van der Waals surface area contributed by atoms with Crippen LogP contribution in [0.1, 0.15) is 35.6 Å². The first-order valence-corrected chi connectivity index (χ1v) is 5.14. The van der Waals surface area contributed by atoms with E-state index >= 15 is 0 Å². The second-order valence-corrected chi connectivity index (χ2v) is 3.42. The van der Waals surface area contributed by atoms with Crippen molar-refractivity contribution < 1.29 is 23.5 Å². The van der Waals surface area contributed by atoms with Crippen LogP contribution in [-0.4, -0.2) is 23.5 Å². The van der Waals surface area contributed by atoms with Crippen LogP contribution in [0, 0.1) is 12.7 Å². The summed E-state index contributed by atoms with van der Waals surface area (Å²) >= 11 is 0. The quantitative estimate of drug-likeness (QED) is 0.817. The summed E-state index contributed by atoms with van der Waals surface area (Å²) in [6.45, 7) is 4.31. The maximum absolute atomic E-state index is 13.6. The van der Waals surface area contributed by atoms with Crippen molar-refractivity contribution in [1.82, 2.24) is 4.98 Å². The molecule has 0 atom stereocenters. The van der Waals surface area contributed by atoms with Crippen LogP contribution in [0.5, 0.6) is 0 Å². The number of aromatic amines is 1. The summed E-state index contributed by atoms with van der Waals surface area (Å²) in [5.74, 6) is -1.73. The van der Waals surface area contributed by atoms with Gasteiger partial charge >= 0.3 is 11.9 Å². The maximum atomic E-state index is 13.6. The highest BCUT2D eigenvalue weighted by Crippen LogP contribution is 2.18. The number of hydrogen-bond acceptors (Lipinski definition) is 4. The van der Waals surface area contributed by atoms with Gasteiger partial charge in [-0.25, -0.2) is 9.18 Å². The van der Waals surface area contributed by atoms with Crippen LogP contribution in [0.3, 0.4) is 0 Å². The molecule has 94 valence electrons. The Kier molecular flexibility index (Phi) is 4.25. The van der Waals surface area contributed by atoms with Gasteiger partial charge in [-0.05, 0) is 13.8 Å². The van der Waals surface area contributed by atoms with Crippen molar-refractivity contribution in [3.05, 3.63) is 22.8 Å². The lowest BCUT2D eigenvalue weighted by molar-refractivity contribution is -0.142. The Bertz CT molecular complexity index is 439. The van der Waals surface area contributed by atoms with E-state index in [0.717, 1.165) is 0 Å². The fourth-order valence-electron chi connectivity index (χ4n) is 1.32. The number of aromatic nitrogens is 1. The van der Waals surface area contributed by atoms with Crippen LogP contribution in [0.4, 0.5) is 4.39 Å². The molecule has 5 nitrogen and oxygen atoms in total. The molecule has 0 spiro atoms. The molecule has 0 saturated carbocycles. The van der Waals surface area contributed by atoms with E-state index in [1.165, 1.54) is 13.8 Å². The monoisotopic (exact) mass is 243 g/mol. The third-order valence-corrected chi connectivity index (χ3v) is 2.14. The lowest BCUT2D eigenvalue weighted by atomic mass is 10.2. The molecule has 0 unspecified atom stereocenters. The first kappa shape index (κ1) is 13.2. The lowest BCUT2D eigenvalue weighted by Crippen LogP contribution is -2.07. The first-order valence-electron chi connectivity index (χ1n) is 5.14. The highest BCUT2D eigenvalue weighted by atomic mass is 19.1. The van der Waals surface area contributed by atoms with Crippen LogP contribution < -0.4 is 0 Å². The molecule has 1 aromatic heterocycles. The highest BCUT2D eigenvalue weighted by Gasteiger charge is 2.20. The van der Waals surface area contributed by atoms with E-state index in [-0.39, 0.29) is 30.2 Å². The van der Waals surface area contributed by atoms with Crippen LogP contribution in [0.15, 0.2) is 0 Å². The molecule has 17 heavy (non-hydrogen) atoms.